The van der Waals surface area contributed by atoms with Crippen molar-refractivity contribution in [1.82, 2.24) is 5.32 Å². The number of nitrogens with one attached hydrogen (secondary N) is 1. The van der Waals surface area contributed by atoms with Gasteiger partial charge in [-0.3, -0.25) is 0 Å². The number of benzene rings is 1. The summed E-state index contributed by atoms with van der Waals surface area (Å²) in [4.78, 5) is 0. The van der Waals surface area contributed by atoms with Crippen LogP contribution in [0.25, 0.3) is 0 Å². The molecule has 0 aliphatic heterocycles. The maximum atomic E-state index is 9.75. The van der Waals surface area contributed by atoms with Gasteiger partial charge < -0.3 is 16.2 Å². The predicted octanol–water partition coefficient (Wildman–Crippen LogP) is 1.70. The first-order valence-corrected chi connectivity index (χ1v) is 5.38. The molecule has 1 aromatic rings. The van der Waals surface area contributed by atoms with Crippen molar-refractivity contribution in [2.75, 3.05) is 13.1 Å². The van der Waals surface area contributed by atoms with Gasteiger partial charge in [-0.25, -0.2) is 0 Å². The van der Waals surface area contributed by atoms with E-state index in [1.54, 1.807) is 6.07 Å². The zero-order chi connectivity index (χ0) is 11.3. The summed E-state index contributed by atoms with van der Waals surface area (Å²) in [5.74, 6) is 0.364. The highest BCUT2D eigenvalue weighted by Crippen LogP contribution is 2.24. The molecular weight excluding hydrogens is 188 g/mol. The number of phenols is 1. The molecule has 4 N–H and O–H groups in total. The van der Waals surface area contributed by atoms with E-state index in [-0.39, 0.29) is 6.04 Å². The summed E-state index contributed by atoms with van der Waals surface area (Å²) in [7, 11) is 0. The average molecular weight is 208 g/mol. The standard InChI is InChI=1S/C12H20N2O/c1-9-4-5-11(12(15)8-9)10(2)14-7-3-6-13/h4-5,8,10,14-15H,3,6-7,13H2,1-2H3. The summed E-state index contributed by atoms with van der Waals surface area (Å²) in [5, 5.41) is 13.1. The largest absolute Gasteiger partial charge is 0.508 e. The molecule has 0 saturated carbocycles. The van der Waals surface area contributed by atoms with Crippen LogP contribution in [0, 0.1) is 6.92 Å². The van der Waals surface area contributed by atoms with E-state index in [4.69, 9.17) is 5.73 Å². The molecule has 0 heterocycles. The van der Waals surface area contributed by atoms with Crippen LogP contribution in [0.5, 0.6) is 5.75 Å². The van der Waals surface area contributed by atoms with Crippen LogP contribution in [0.1, 0.15) is 30.5 Å². The molecule has 0 bridgehead atoms. The van der Waals surface area contributed by atoms with Gasteiger partial charge in [-0.15, -0.1) is 0 Å². The van der Waals surface area contributed by atoms with Gasteiger partial charge in [0.25, 0.3) is 0 Å². The van der Waals surface area contributed by atoms with Crippen LogP contribution in [0.3, 0.4) is 0 Å². The van der Waals surface area contributed by atoms with Crippen molar-refractivity contribution in [3.05, 3.63) is 29.3 Å². The molecule has 1 rings (SSSR count). The number of aromatic hydroxyl groups is 1. The summed E-state index contributed by atoms with van der Waals surface area (Å²) in [6.45, 7) is 5.58. The van der Waals surface area contributed by atoms with Crippen LogP contribution < -0.4 is 11.1 Å². The fourth-order valence-electron chi connectivity index (χ4n) is 1.55. The van der Waals surface area contributed by atoms with Crippen LogP contribution >= 0.6 is 0 Å². The second-order valence-corrected chi connectivity index (χ2v) is 3.88. The van der Waals surface area contributed by atoms with Gasteiger partial charge in [0.1, 0.15) is 5.75 Å². The Hall–Kier alpha value is -1.06. The monoisotopic (exact) mass is 208 g/mol. The minimum absolute atomic E-state index is 0.164. The lowest BCUT2D eigenvalue weighted by Gasteiger charge is -2.15. The Bertz CT molecular complexity index is 312. The molecule has 0 aliphatic carbocycles. The van der Waals surface area contributed by atoms with Crippen molar-refractivity contribution in [1.29, 1.82) is 0 Å². The van der Waals surface area contributed by atoms with Gasteiger partial charge in [0.2, 0.25) is 0 Å². The van der Waals surface area contributed by atoms with Gasteiger partial charge in [-0.2, -0.15) is 0 Å². The molecule has 0 spiro atoms. The fourth-order valence-corrected chi connectivity index (χ4v) is 1.55. The molecule has 1 unspecified atom stereocenters. The van der Waals surface area contributed by atoms with E-state index in [1.807, 2.05) is 26.0 Å². The number of hydrogen-bond acceptors (Lipinski definition) is 3. The first kappa shape index (κ1) is 12.0. The van der Waals surface area contributed by atoms with Crippen LogP contribution in [0.4, 0.5) is 0 Å². The van der Waals surface area contributed by atoms with Crippen molar-refractivity contribution in [3.8, 4) is 5.75 Å². The fraction of sp³-hybridized carbons (Fsp3) is 0.500. The Morgan fingerprint density at radius 2 is 2.20 bits per heavy atom. The second kappa shape index (κ2) is 5.73. The summed E-state index contributed by atoms with van der Waals surface area (Å²) in [6, 6.07) is 5.93. The minimum atomic E-state index is 0.164. The molecule has 0 aromatic heterocycles. The Kier molecular flexibility index (Phi) is 4.59. The summed E-state index contributed by atoms with van der Waals surface area (Å²) < 4.78 is 0. The van der Waals surface area contributed by atoms with E-state index in [2.05, 4.69) is 5.32 Å². The normalized spacial score (nSPS) is 12.7. The number of rotatable bonds is 5. The Morgan fingerprint density at radius 1 is 1.47 bits per heavy atom. The average Bonchev–Trinajstić information content (AvgIpc) is 2.17. The number of hydrogen-bond donors (Lipinski definition) is 3. The lowest BCUT2D eigenvalue weighted by atomic mass is 10.1. The molecule has 3 heteroatoms. The maximum Gasteiger partial charge on any atom is 0.120 e. The highest BCUT2D eigenvalue weighted by Gasteiger charge is 2.08. The van der Waals surface area contributed by atoms with Gasteiger partial charge in [-0.05, 0) is 45.0 Å². The predicted molar refractivity (Wildman–Crippen MR) is 62.9 cm³/mol. The first-order chi connectivity index (χ1) is 7.15. The first-order valence-electron chi connectivity index (χ1n) is 5.38. The molecule has 3 nitrogen and oxygen atoms in total. The summed E-state index contributed by atoms with van der Waals surface area (Å²) >= 11 is 0. The van der Waals surface area contributed by atoms with E-state index >= 15 is 0 Å². The number of nitrogens with two attached hydrogens (primary N) is 1. The van der Waals surface area contributed by atoms with E-state index in [0.717, 1.165) is 24.1 Å². The lowest BCUT2D eigenvalue weighted by molar-refractivity contribution is 0.451. The zero-order valence-electron chi connectivity index (χ0n) is 9.46. The molecule has 15 heavy (non-hydrogen) atoms. The van der Waals surface area contributed by atoms with Crippen LogP contribution in [-0.4, -0.2) is 18.2 Å². The lowest BCUT2D eigenvalue weighted by Crippen LogP contribution is -2.21. The number of aryl methyl sites for hydroxylation is 1. The molecule has 0 aliphatic rings. The zero-order valence-corrected chi connectivity index (χ0v) is 9.46. The summed E-state index contributed by atoms with van der Waals surface area (Å²) in [5.41, 5.74) is 7.43. The van der Waals surface area contributed by atoms with Crippen LogP contribution in [-0.2, 0) is 0 Å². The van der Waals surface area contributed by atoms with Crippen molar-refractivity contribution in [3.63, 3.8) is 0 Å². The van der Waals surface area contributed by atoms with Gasteiger partial charge in [0.15, 0.2) is 0 Å². The highest BCUT2D eigenvalue weighted by atomic mass is 16.3. The molecule has 1 aromatic carbocycles. The quantitative estimate of drug-likeness (QED) is 0.645. The van der Waals surface area contributed by atoms with Gasteiger partial charge >= 0.3 is 0 Å². The van der Waals surface area contributed by atoms with Crippen molar-refractivity contribution >= 4 is 0 Å². The third-order valence-electron chi connectivity index (χ3n) is 2.48. The molecule has 1 atom stereocenters. The third-order valence-corrected chi connectivity index (χ3v) is 2.48. The smallest absolute Gasteiger partial charge is 0.120 e. The SMILES string of the molecule is Cc1ccc(C(C)NCCCN)c(O)c1. The third kappa shape index (κ3) is 3.53. The van der Waals surface area contributed by atoms with Gasteiger partial charge in [0.05, 0.1) is 0 Å². The topological polar surface area (TPSA) is 58.3 Å². The Labute approximate surface area is 91.3 Å². The van der Waals surface area contributed by atoms with E-state index < -0.39 is 0 Å². The van der Waals surface area contributed by atoms with E-state index in [0.29, 0.717) is 12.3 Å². The molecule has 84 valence electrons. The van der Waals surface area contributed by atoms with Crippen molar-refractivity contribution < 1.29 is 5.11 Å². The summed E-state index contributed by atoms with van der Waals surface area (Å²) in [6.07, 6.45) is 0.955. The van der Waals surface area contributed by atoms with Crippen molar-refractivity contribution in [2.45, 2.75) is 26.3 Å². The molecular formula is C12H20N2O. The number of phenolic OH excluding ortho intramolecular Hbond substituents is 1. The second-order valence-electron chi connectivity index (χ2n) is 3.88. The molecule has 0 fully saturated rings. The van der Waals surface area contributed by atoms with Crippen molar-refractivity contribution in [2.24, 2.45) is 5.73 Å². The van der Waals surface area contributed by atoms with Crippen LogP contribution in [0.15, 0.2) is 18.2 Å². The van der Waals surface area contributed by atoms with E-state index in [1.165, 1.54) is 0 Å². The molecule has 0 radical (unpaired) electrons. The Balaban J connectivity index is 2.61. The molecule has 0 amide bonds. The van der Waals surface area contributed by atoms with E-state index in [9.17, 15) is 5.11 Å². The minimum Gasteiger partial charge on any atom is -0.508 e. The Morgan fingerprint density at radius 3 is 2.80 bits per heavy atom. The maximum absolute atomic E-state index is 9.75. The molecule has 0 saturated heterocycles. The van der Waals surface area contributed by atoms with Gasteiger partial charge in [-0.1, -0.05) is 12.1 Å². The highest BCUT2D eigenvalue weighted by molar-refractivity contribution is 5.37. The van der Waals surface area contributed by atoms with Crippen LogP contribution in [0.2, 0.25) is 0 Å². The van der Waals surface area contributed by atoms with Gasteiger partial charge in [0, 0.05) is 11.6 Å².